The SMILES string of the molecule is Cc1ccccc1CN(c1ccc(C(=O)N/N=C\c2ccccn2)cc1)S(C)(=O)=O. The highest BCUT2D eigenvalue weighted by Gasteiger charge is 2.19. The van der Waals surface area contributed by atoms with E-state index < -0.39 is 15.9 Å². The Bertz CT molecular complexity index is 1140. The molecule has 0 spiro atoms. The quantitative estimate of drug-likeness (QED) is 0.468. The number of benzene rings is 2. The van der Waals surface area contributed by atoms with Crippen LogP contribution in [0.5, 0.6) is 0 Å². The Morgan fingerprint density at radius 2 is 1.77 bits per heavy atom. The molecule has 3 rings (SSSR count). The van der Waals surface area contributed by atoms with Crippen molar-refractivity contribution in [1.82, 2.24) is 10.4 Å². The number of carbonyl (C=O) groups excluding carboxylic acids is 1. The van der Waals surface area contributed by atoms with Gasteiger partial charge in [-0.05, 0) is 54.4 Å². The molecule has 1 amide bonds. The predicted octanol–water partition coefficient (Wildman–Crippen LogP) is 3.12. The molecular weight excluding hydrogens is 400 g/mol. The number of aryl methyl sites for hydroxylation is 1. The summed E-state index contributed by atoms with van der Waals surface area (Å²) in [5, 5.41) is 3.89. The third-order valence-corrected chi connectivity index (χ3v) is 5.58. The maximum Gasteiger partial charge on any atom is 0.271 e. The van der Waals surface area contributed by atoms with Crippen LogP contribution in [0, 0.1) is 6.92 Å². The number of hydrazone groups is 1. The van der Waals surface area contributed by atoms with Crippen LogP contribution in [0.1, 0.15) is 27.2 Å². The summed E-state index contributed by atoms with van der Waals surface area (Å²) in [5.41, 5.74) is 5.81. The molecule has 7 nitrogen and oxygen atoms in total. The third kappa shape index (κ3) is 5.51. The van der Waals surface area contributed by atoms with Gasteiger partial charge in [0.1, 0.15) is 0 Å². The fraction of sp³-hybridized carbons (Fsp3) is 0.136. The fourth-order valence-electron chi connectivity index (χ4n) is 2.80. The average molecular weight is 423 g/mol. The topological polar surface area (TPSA) is 91.7 Å². The monoisotopic (exact) mass is 422 g/mol. The van der Waals surface area contributed by atoms with Gasteiger partial charge in [0.05, 0.1) is 30.4 Å². The van der Waals surface area contributed by atoms with Crippen molar-refractivity contribution in [1.29, 1.82) is 0 Å². The van der Waals surface area contributed by atoms with Gasteiger partial charge >= 0.3 is 0 Å². The molecule has 154 valence electrons. The van der Waals surface area contributed by atoms with Crippen LogP contribution in [0.4, 0.5) is 5.69 Å². The van der Waals surface area contributed by atoms with Gasteiger partial charge in [-0.15, -0.1) is 0 Å². The zero-order chi connectivity index (χ0) is 21.6. The number of hydrogen-bond donors (Lipinski definition) is 1. The molecule has 1 aromatic heterocycles. The summed E-state index contributed by atoms with van der Waals surface area (Å²) < 4.78 is 26.0. The number of nitrogens with zero attached hydrogens (tertiary/aromatic N) is 3. The summed E-state index contributed by atoms with van der Waals surface area (Å²) in [6, 6.07) is 19.3. The molecule has 0 fully saturated rings. The third-order valence-electron chi connectivity index (χ3n) is 4.44. The average Bonchev–Trinajstić information content (AvgIpc) is 2.73. The van der Waals surface area contributed by atoms with Crippen LogP contribution in [0.2, 0.25) is 0 Å². The van der Waals surface area contributed by atoms with E-state index in [0.29, 0.717) is 16.9 Å². The van der Waals surface area contributed by atoms with Crippen molar-refractivity contribution in [2.45, 2.75) is 13.5 Å². The molecule has 0 aliphatic rings. The lowest BCUT2D eigenvalue weighted by Crippen LogP contribution is -2.29. The highest BCUT2D eigenvalue weighted by Crippen LogP contribution is 2.22. The maximum absolute atomic E-state index is 12.4. The standard InChI is InChI=1S/C22H22N4O3S/c1-17-7-3-4-8-19(17)16-26(30(2,28)29)21-12-10-18(11-13-21)22(27)25-24-15-20-9-5-6-14-23-20/h3-15H,16H2,1-2H3,(H,25,27)/b24-15-. The Morgan fingerprint density at radius 1 is 1.07 bits per heavy atom. The van der Waals surface area contributed by atoms with Gasteiger partial charge in [-0.1, -0.05) is 30.3 Å². The van der Waals surface area contributed by atoms with Gasteiger partial charge in [0, 0.05) is 11.8 Å². The molecule has 8 heteroatoms. The summed E-state index contributed by atoms with van der Waals surface area (Å²) in [4.78, 5) is 16.4. The number of anilines is 1. The van der Waals surface area contributed by atoms with E-state index in [9.17, 15) is 13.2 Å². The van der Waals surface area contributed by atoms with Crippen LogP contribution in [0.25, 0.3) is 0 Å². The first kappa shape index (κ1) is 21.2. The van der Waals surface area contributed by atoms with Crippen molar-refractivity contribution in [3.63, 3.8) is 0 Å². The second kappa shape index (κ2) is 9.32. The lowest BCUT2D eigenvalue weighted by Gasteiger charge is -2.23. The first-order valence-corrected chi connectivity index (χ1v) is 11.1. The Hall–Kier alpha value is -3.52. The van der Waals surface area contributed by atoms with Gasteiger partial charge in [0.25, 0.3) is 5.91 Å². The van der Waals surface area contributed by atoms with Crippen LogP contribution in [-0.2, 0) is 16.6 Å². The van der Waals surface area contributed by atoms with E-state index in [1.54, 1.807) is 42.6 Å². The smallest absolute Gasteiger partial charge is 0.267 e. The Labute approximate surface area is 176 Å². The summed E-state index contributed by atoms with van der Waals surface area (Å²) >= 11 is 0. The molecule has 0 saturated carbocycles. The van der Waals surface area contributed by atoms with E-state index in [1.165, 1.54) is 10.5 Å². The number of sulfonamides is 1. The van der Waals surface area contributed by atoms with Gasteiger partial charge < -0.3 is 0 Å². The highest BCUT2D eigenvalue weighted by molar-refractivity contribution is 7.92. The molecule has 2 aromatic carbocycles. The van der Waals surface area contributed by atoms with Crippen LogP contribution in [0.15, 0.2) is 78.0 Å². The van der Waals surface area contributed by atoms with E-state index in [-0.39, 0.29) is 6.54 Å². The lowest BCUT2D eigenvalue weighted by molar-refractivity contribution is 0.0955. The number of carbonyl (C=O) groups is 1. The summed E-state index contributed by atoms with van der Waals surface area (Å²) in [6.07, 6.45) is 4.24. The molecule has 0 aliphatic carbocycles. The molecule has 0 atom stereocenters. The Morgan fingerprint density at radius 3 is 2.40 bits per heavy atom. The van der Waals surface area contributed by atoms with Gasteiger partial charge in [0.15, 0.2) is 0 Å². The van der Waals surface area contributed by atoms with Gasteiger partial charge in [-0.3, -0.25) is 14.1 Å². The van der Waals surface area contributed by atoms with Gasteiger partial charge in [-0.25, -0.2) is 13.8 Å². The molecule has 0 bridgehead atoms. The Balaban J connectivity index is 1.74. The van der Waals surface area contributed by atoms with Gasteiger partial charge in [-0.2, -0.15) is 5.10 Å². The molecule has 1 heterocycles. The molecule has 1 N–H and O–H groups in total. The van der Waals surface area contributed by atoms with Crippen molar-refractivity contribution >= 4 is 27.8 Å². The minimum Gasteiger partial charge on any atom is -0.267 e. The van der Waals surface area contributed by atoms with Crippen molar-refractivity contribution in [2.75, 3.05) is 10.6 Å². The second-order valence-corrected chi connectivity index (χ2v) is 8.60. The summed E-state index contributed by atoms with van der Waals surface area (Å²) in [7, 11) is -3.51. The lowest BCUT2D eigenvalue weighted by atomic mass is 10.1. The van der Waals surface area contributed by atoms with Crippen molar-refractivity contribution in [2.24, 2.45) is 5.10 Å². The number of rotatable bonds is 7. The minimum absolute atomic E-state index is 0.214. The molecule has 0 aliphatic heterocycles. The number of amides is 1. The number of aromatic nitrogens is 1. The van der Waals surface area contributed by atoms with Crippen LogP contribution >= 0.6 is 0 Å². The van der Waals surface area contributed by atoms with Crippen LogP contribution < -0.4 is 9.73 Å². The maximum atomic E-state index is 12.4. The van der Waals surface area contributed by atoms with Crippen molar-refractivity contribution < 1.29 is 13.2 Å². The molecular formula is C22H22N4O3S. The first-order chi connectivity index (χ1) is 14.3. The zero-order valence-electron chi connectivity index (χ0n) is 16.7. The number of nitrogens with one attached hydrogen (secondary N) is 1. The van der Waals surface area contributed by atoms with E-state index in [2.05, 4.69) is 15.5 Å². The zero-order valence-corrected chi connectivity index (χ0v) is 17.5. The molecule has 3 aromatic rings. The molecule has 0 saturated heterocycles. The number of pyridine rings is 1. The highest BCUT2D eigenvalue weighted by atomic mass is 32.2. The molecule has 30 heavy (non-hydrogen) atoms. The number of hydrogen-bond acceptors (Lipinski definition) is 5. The van der Waals surface area contributed by atoms with E-state index in [0.717, 1.165) is 17.4 Å². The normalized spacial score (nSPS) is 11.4. The van der Waals surface area contributed by atoms with E-state index in [4.69, 9.17) is 0 Å². The first-order valence-electron chi connectivity index (χ1n) is 9.21. The molecule has 0 unspecified atom stereocenters. The minimum atomic E-state index is -3.51. The van der Waals surface area contributed by atoms with E-state index >= 15 is 0 Å². The molecule has 0 radical (unpaired) electrons. The second-order valence-electron chi connectivity index (χ2n) is 6.70. The summed E-state index contributed by atoms with van der Waals surface area (Å²) in [6.45, 7) is 2.15. The van der Waals surface area contributed by atoms with E-state index in [1.807, 2.05) is 37.3 Å². The van der Waals surface area contributed by atoms with Crippen molar-refractivity contribution in [3.8, 4) is 0 Å². The predicted molar refractivity (Wildman–Crippen MR) is 118 cm³/mol. The van der Waals surface area contributed by atoms with Crippen molar-refractivity contribution in [3.05, 3.63) is 95.3 Å². The largest absolute Gasteiger partial charge is 0.271 e. The fourth-order valence-corrected chi connectivity index (χ4v) is 3.67. The summed E-state index contributed by atoms with van der Waals surface area (Å²) in [5.74, 6) is -0.404. The van der Waals surface area contributed by atoms with Crippen LogP contribution in [-0.4, -0.2) is 31.8 Å². The van der Waals surface area contributed by atoms with Crippen LogP contribution in [0.3, 0.4) is 0 Å². The Kier molecular flexibility index (Phi) is 6.58. The van der Waals surface area contributed by atoms with Gasteiger partial charge in [0.2, 0.25) is 10.0 Å².